The van der Waals surface area contributed by atoms with E-state index >= 15 is 0 Å². The molecule has 0 amide bonds. The van der Waals surface area contributed by atoms with Crippen LogP contribution in [-0.2, 0) is 0 Å². The molecule has 0 atom stereocenters. The van der Waals surface area contributed by atoms with E-state index in [4.69, 9.17) is 0 Å². The fraction of sp³-hybridized carbons (Fsp3) is 0.500. The summed E-state index contributed by atoms with van der Waals surface area (Å²) in [5.41, 5.74) is 1.50. The Morgan fingerprint density at radius 3 is 2.36 bits per heavy atom. The molecule has 1 aliphatic rings. The third-order valence-electron chi connectivity index (χ3n) is 2.86. The average molecular weight is 206 g/mol. The molecule has 1 radical (unpaired) electrons. The molecule has 0 unspecified atom stereocenters. The summed E-state index contributed by atoms with van der Waals surface area (Å²) in [6.45, 7) is 2.10. The molecule has 1 fully saturated rings. The minimum absolute atomic E-state index is 0.753. The van der Waals surface area contributed by atoms with Crippen LogP contribution in [0.15, 0.2) is 29.2 Å². The molecule has 75 valence electrons. The van der Waals surface area contributed by atoms with Crippen LogP contribution in [-0.4, -0.2) is 19.3 Å². The molecule has 1 saturated heterocycles. The van der Waals surface area contributed by atoms with Gasteiger partial charge in [-0.25, -0.2) is 5.32 Å². The first-order valence-electron chi connectivity index (χ1n) is 5.17. The van der Waals surface area contributed by atoms with Crippen LogP contribution in [0.5, 0.6) is 0 Å². The molecular formula is C12H16NS. The summed E-state index contributed by atoms with van der Waals surface area (Å²) >= 11 is 1.81. The van der Waals surface area contributed by atoms with E-state index in [0.29, 0.717) is 0 Å². The Kier molecular flexibility index (Phi) is 3.49. The van der Waals surface area contributed by atoms with Crippen molar-refractivity contribution in [3.05, 3.63) is 29.8 Å². The molecule has 0 saturated carbocycles. The summed E-state index contributed by atoms with van der Waals surface area (Å²) in [5, 5.41) is 4.38. The molecule has 0 N–H and O–H groups in total. The van der Waals surface area contributed by atoms with Crippen LogP contribution in [0.1, 0.15) is 24.3 Å². The predicted molar refractivity (Wildman–Crippen MR) is 62.1 cm³/mol. The van der Waals surface area contributed by atoms with Gasteiger partial charge in [0.15, 0.2) is 0 Å². The number of rotatable bonds is 2. The number of piperidine rings is 1. The van der Waals surface area contributed by atoms with Gasteiger partial charge < -0.3 is 0 Å². The molecule has 1 nitrogen and oxygen atoms in total. The minimum atomic E-state index is 0.753. The molecule has 1 aliphatic heterocycles. The zero-order valence-electron chi connectivity index (χ0n) is 8.57. The van der Waals surface area contributed by atoms with Crippen LogP contribution in [0.4, 0.5) is 0 Å². The molecule has 2 rings (SSSR count). The van der Waals surface area contributed by atoms with E-state index in [1.165, 1.54) is 23.3 Å². The Morgan fingerprint density at radius 2 is 1.79 bits per heavy atom. The van der Waals surface area contributed by atoms with Crippen molar-refractivity contribution in [1.82, 2.24) is 5.32 Å². The number of nitrogens with zero attached hydrogens (tertiary/aromatic N) is 1. The molecule has 1 aromatic rings. The second kappa shape index (κ2) is 4.85. The average Bonchev–Trinajstić information content (AvgIpc) is 2.30. The molecule has 0 aromatic heterocycles. The van der Waals surface area contributed by atoms with E-state index < -0.39 is 0 Å². The Labute approximate surface area is 90.3 Å². The molecule has 2 heteroatoms. The Morgan fingerprint density at radius 1 is 1.14 bits per heavy atom. The van der Waals surface area contributed by atoms with Crippen molar-refractivity contribution in [2.24, 2.45) is 0 Å². The third-order valence-corrected chi connectivity index (χ3v) is 3.60. The highest BCUT2D eigenvalue weighted by Gasteiger charge is 2.15. The van der Waals surface area contributed by atoms with Gasteiger partial charge in [-0.3, -0.25) is 0 Å². The molecule has 14 heavy (non-hydrogen) atoms. The summed E-state index contributed by atoms with van der Waals surface area (Å²) < 4.78 is 0. The Hall–Kier alpha value is -0.470. The van der Waals surface area contributed by atoms with Crippen molar-refractivity contribution in [3.63, 3.8) is 0 Å². The number of thioether (sulfide) groups is 1. The Balaban J connectivity index is 2.07. The highest BCUT2D eigenvalue weighted by molar-refractivity contribution is 7.98. The summed E-state index contributed by atoms with van der Waals surface area (Å²) in [5.74, 6) is 0.753. The number of hydrogen-bond acceptors (Lipinski definition) is 1. The molecule has 0 spiro atoms. The number of hydrogen-bond donors (Lipinski definition) is 0. The van der Waals surface area contributed by atoms with E-state index in [9.17, 15) is 0 Å². The van der Waals surface area contributed by atoms with Crippen molar-refractivity contribution in [1.29, 1.82) is 0 Å². The Bertz CT molecular complexity index is 275. The first-order chi connectivity index (χ1) is 6.90. The molecule has 0 aliphatic carbocycles. The molecule has 0 bridgehead atoms. The summed E-state index contributed by atoms with van der Waals surface area (Å²) in [7, 11) is 0. The summed E-state index contributed by atoms with van der Waals surface area (Å²) in [6, 6.07) is 9.02. The van der Waals surface area contributed by atoms with Gasteiger partial charge in [0.25, 0.3) is 0 Å². The first-order valence-corrected chi connectivity index (χ1v) is 6.40. The number of benzene rings is 1. The van der Waals surface area contributed by atoms with Gasteiger partial charge in [0.2, 0.25) is 0 Å². The standard InChI is InChI=1S/C12H16NS/c1-14-12-4-2-10(3-5-12)11-6-8-13-9-7-11/h2-5,11H,6-9H2,1H3. The van der Waals surface area contributed by atoms with Crippen LogP contribution in [0.2, 0.25) is 0 Å². The maximum Gasteiger partial charge on any atom is 0.0139 e. The zero-order valence-corrected chi connectivity index (χ0v) is 9.39. The van der Waals surface area contributed by atoms with Crippen LogP contribution >= 0.6 is 11.8 Å². The van der Waals surface area contributed by atoms with E-state index in [1.54, 1.807) is 11.8 Å². The van der Waals surface area contributed by atoms with E-state index in [2.05, 4.69) is 35.8 Å². The van der Waals surface area contributed by atoms with E-state index in [1.807, 2.05) is 0 Å². The van der Waals surface area contributed by atoms with Gasteiger partial charge in [0.05, 0.1) is 0 Å². The topological polar surface area (TPSA) is 14.1 Å². The minimum Gasteiger partial charge on any atom is -0.242 e. The first kappa shape index (κ1) is 10.1. The van der Waals surface area contributed by atoms with Crippen LogP contribution in [0, 0.1) is 0 Å². The lowest BCUT2D eigenvalue weighted by molar-refractivity contribution is 0.453. The molecular weight excluding hydrogens is 190 g/mol. The summed E-state index contributed by atoms with van der Waals surface area (Å²) in [6.07, 6.45) is 4.59. The van der Waals surface area contributed by atoms with Crippen LogP contribution < -0.4 is 5.32 Å². The van der Waals surface area contributed by atoms with Crippen molar-refractivity contribution in [2.45, 2.75) is 23.7 Å². The van der Waals surface area contributed by atoms with Gasteiger partial charge in [-0.2, -0.15) is 0 Å². The quantitative estimate of drug-likeness (QED) is 0.679. The van der Waals surface area contributed by atoms with Gasteiger partial charge in [-0.1, -0.05) is 12.1 Å². The molecule has 1 aromatic carbocycles. The van der Waals surface area contributed by atoms with Gasteiger partial charge >= 0.3 is 0 Å². The lowest BCUT2D eigenvalue weighted by Crippen LogP contribution is -2.20. The van der Waals surface area contributed by atoms with Crippen LogP contribution in [0.3, 0.4) is 0 Å². The van der Waals surface area contributed by atoms with E-state index in [0.717, 1.165) is 19.0 Å². The van der Waals surface area contributed by atoms with Gasteiger partial charge in [0.1, 0.15) is 0 Å². The smallest absolute Gasteiger partial charge is 0.0139 e. The van der Waals surface area contributed by atoms with Gasteiger partial charge in [-0.05, 0) is 42.7 Å². The van der Waals surface area contributed by atoms with Crippen LogP contribution in [0.25, 0.3) is 0 Å². The highest BCUT2D eigenvalue weighted by Crippen LogP contribution is 2.27. The second-order valence-corrected chi connectivity index (χ2v) is 4.60. The van der Waals surface area contributed by atoms with Crippen molar-refractivity contribution in [3.8, 4) is 0 Å². The molecule has 1 heterocycles. The lowest BCUT2D eigenvalue weighted by atomic mass is 9.90. The maximum absolute atomic E-state index is 4.38. The normalized spacial score (nSPS) is 18.4. The second-order valence-electron chi connectivity index (χ2n) is 3.72. The largest absolute Gasteiger partial charge is 0.242 e. The summed E-state index contributed by atoms with van der Waals surface area (Å²) in [4.78, 5) is 1.36. The van der Waals surface area contributed by atoms with Gasteiger partial charge in [-0.15, -0.1) is 11.8 Å². The monoisotopic (exact) mass is 206 g/mol. The third kappa shape index (κ3) is 2.31. The van der Waals surface area contributed by atoms with Crippen molar-refractivity contribution >= 4 is 11.8 Å². The van der Waals surface area contributed by atoms with Gasteiger partial charge in [0, 0.05) is 18.0 Å². The lowest BCUT2D eigenvalue weighted by Gasteiger charge is -2.21. The maximum atomic E-state index is 4.38. The predicted octanol–water partition coefficient (Wildman–Crippen LogP) is 2.89. The fourth-order valence-electron chi connectivity index (χ4n) is 1.96. The van der Waals surface area contributed by atoms with Crippen molar-refractivity contribution in [2.75, 3.05) is 19.3 Å². The van der Waals surface area contributed by atoms with E-state index in [-0.39, 0.29) is 0 Å². The highest BCUT2D eigenvalue weighted by atomic mass is 32.2. The van der Waals surface area contributed by atoms with Crippen molar-refractivity contribution < 1.29 is 0 Å². The SMILES string of the molecule is CSc1ccc(C2CC[N]CC2)cc1. The fourth-order valence-corrected chi connectivity index (χ4v) is 2.37. The zero-order chi connectivity index (χ0) is 9.80.